The van der Waals surface area contributed by atoms with E-state index in [1.54, 1.807) is 12.1 Å². The van der Waals surface area contributed by atoms with Crippen molar-refractivity contribution in [1.82, 2.24) is 0 Å². The first-order chi connectivity index (χ1) is 10.4. The van der Waals surface area contributed by atoms with E-state index in [1.807, 2.05) is 26.0 Å². The molecule has 1 aliphatic rings. The van der Waals surface area contributed by atoms with Gasteiger partial charge in [-0.3, -0.25) is 4.79 Å². The van der Waals surface area contributed by atoms with E-state index in [2.05, 4.69) is 5.32 Å². The molecule has 0 saturated heterocycles. The minimum absolute atomic E-state index is 0.0760. The van der Waals surface area contributed by atoms with Crippen molar-refractivity contribution in [3.63, 3.8) is 0 Å². The number of hydrogen-bond donors (Lipinski definition) is 1. The summed E-state index contributed by atoms with van der Waals surface area (Å²) in [7, 11) is 0. The Labute approximate surface area is 134 Å². The maximum Gasteiger partial charge on any atom is 0.235 e. The van der Waals surface area contributed by atoms with Gasteiger partial charge in [0.25, 0.3) is 0 Å². The molecule has 0 bridgehead atoms. The zero-order valence-electron chi connectivity index (χ0n) is 12.5. The third-order valence-electron chi connectivity index (χ3n) is 4.25. The average molecular weight is 318 g/mol. The molecule has 0 aromatic heterocycles. The van der Waals surface area contributed by atoms with Crippen LogP contribution in [0.25, 0.3) is 0 Å². The lowest BCUT2D eigenvalue weighted by Gasteiger charge is -2.18. The number of carbonyl (C=O) groups is 1. The normalized spacial score (nSPS) is 15.5. The van der Waals surface area contributed by atoms with E-state index in [-0.39, 0.29) is 11.7 Å². The van der Waals surface area contributed by atoms with Crippen molar-refractivity contribution in [3.05, 3.63) is 63.9 Å². The van der Waals surface area contributed by atoms with Gasteiger partial charge >= 0.3 is 0 Å². The Morgan fingerprint density at radius 1 is 1.18 bits per heavy atom. The standard InChI is InChI=1S/C18H17ClFNO/c1-11-9-12(2)16(15(19)10-11)21-17(22)18(7-8-18)13-3-5-14(20)6-4-13/h3-6,9-10H,7-8H2,1-2H3,(H,21,22). The molecule has 1 N–H and O–H groups in total. The Kier molecular flexibility index (Phi) is 3.69. The van der Waals surface area contributed by atoms with Crippen molar-refractivity contribution >= 4 is 23.2 Å². The number of carbonyl (C=O) groups excluding carboxylic acids is 1. The van der Waals surface area contributed by atoms with Gasteiger partial charge in [0.2, 0.25) is 5.91 Å². The number of benzene rings is 2. The van der Waals surface area contributed by atoms with E-state index in [9.17, 15) is 9.18 Å². The molecule has 0 atom stereocenters. The number of hydrogen-bond acceptors (Lipinski definition) is 1. The number of anilines is 1. The topological polar surface area (TPSA) is 29.1 Å². The largest absolute Gasteiger partial charge is 0.324 e. The van der Waals surface area contributed by atoms with Gasteiger partial charge in [-0.2, -0.15) is 0 Å². The maximum absolute atomic E-state index is 13.1. The lowest BCUT2D eigenvalue weighted by Crippen LogP contribution is -2.28. The fourth-order valence-corrected chi connectivity index (χ4v) is 3.22. The van der Waals surface area contributed by atoms with Crippen LogP contribution in [0.1, 0.15) is 29.5 Å². The van der Waals surface area contributed by atoms with Crippen LogP contribution < -0.4 is 5.32 Å². The molecule has 0 radical (unpaired) electrons. The predicted octanol–water partition coefficient (Wildman–Crippen LogP) is 4.77. The summed E-state index contributed by atoms with van der Waals surface area (Å²) >= 11 is 6.25. The number of halogens is 2. The van der Waals surface area contributed by atoms with Gasteiger partial charge in [-0.25, -0.2) is 4.39 Å². The Morgan fingerprint density at radius 3 is 2.36 bits per heavy atom. The van der Waals surface area contributed by atoms with E-state index >= 15 is 0 Å². The summed E-state index contributed by atoms with van der Waals surface area (Å²) in [6, 6.07) is 9.98. The highest BCUT2D eigenvalue weighted by atomic mass is 35.5. The highest BCUT2D eigenvalue weighted by Crippen LogP contribution is 2.49. The zero-order valence-corrected chi connectivity index (χ0v) is 13.3. The highest BCUT2D eigenvalue weighted by molar-refractivity contribution is 6.34. The van der Waals surface area contributed by atoms with Crippen LogP contribution >= 0.6 is 11.6 Å². The van der Waals surface area contributed by atoms with E-state index in [4.69, 9.17) is 11.6 Å². The highest BCUT2D eigenvalue weighted by Gasteiger charge is 2.51. The monoisotopic (exact) mass is 317 g/mol. The van der Waals surface area contributed by atoms with Crippen molar-refractivity contribution in [2.24, 2.45) is 0 Å². The molecule has 0 spiro atoms. The number of nitrogens with one attached hydrogen (secondary N) is 1. The minimum atomic E-state index is -0.547. The summed E-state index contributed by atoms with van der Waals surface area (Å²) < 4.78 is 13.1. The van der Waals surface area contributed by atoms with Gasteiger partial charge in [-0.05, 0) is 61.6 Å². The molecule has 1 amide bonds. The van der Waals surface area contributed by atoms with Gasteiger partial charge in [0.15, 0.2) is 0 Å². The van der Waals surface area contributed by atoms with Gasteiger partial charge in [-0.15, -0.1) is 0 Å². The summed E-state index contributed by atoms with van der Waals surface area (Å²) in [4.78, 5) is 12.7. The van der Waals surface area contributed by atoms with Crippen molar-refractivity contribution in [1.29, 1.82) is 0 Å². The SMILES string of the molecule is Cc1cc(C)c(NC(=O)C2(c3ccc(F)cc3)CC2)c(Cl)c1. The molecule has 0 unspecified atom stereocenters. The lowest BCUT2D eigenvalue weighted by atomic mass is 9.94. The van der Waals surface area contributed by atoms with Gasteiger partial charge in [0.1, 0.15) is 5.82 Å². The molecule has 1 saturated carbocycles. The second kappa shape index (κ2) is 5.40. The van der Waals surface area contributed by atoms with Crippen LogP contribution in [0.5, 0.6) is 0 Å². The van der Waals surface area contributed by atoms with Crippen LogP contribution in [-0.2, 0) is 10.2 Å². The summed E-state index contributed by atoms with van der Waals surface area (Å²) in [6.45, 7) is 3.89. The Morgan fingerprint density at radius 2 is 1.82 bits per heavy atom. The Hall–Kier alpha value is -1.87. The summed E-state index contributed by atoms with van der Waals surface area (Å²) in [5, 5.41) is 3.50. The van der Waals surface area contributed by atoms with Crippen molar-refractivity contribution in [3.8, 4) is 0 Å². The van der Waals surface area contributed by atoms with Crippen molar-refractivity contribution < 1.29 is 9.18 Å². The summed E-state index contributed by atoms with van der Waals surface area (Å²) in [5.41, 5.74) is 2.96. The molecule has 0 aliphatic heterocycles. The van der Waals surface area contributed by atoms with E-state index < -0.39 is 5.41 Å². The van der Waals surface area contributed by atoms with Crippen LogP contribution in [0.2, 0.25) is 5.02 Å². The van der Waals surface area contributed by atoms with Gasteiger partial charge in [0.05, 0.1) is 16.1 Å². The Bertz CT molecular complexity index is 712. The van der Waals surface area contributed by atoms with Crippen LogP contribution in [0.3, 0.4) is 0 Å². The first-order valence-corrected chi connectivity index (χ1v) is 7.64. The van der Waals surface area contributed by atoms with Gasteiger partial charge in [0, 0.05) is 0 Å². The first kappa shape index (κ1) is 15.0. The quantitative estimate of drug-likeness (QED) is 0.868. The number of rotatable bonds is 3. The zero-order chi connectivity index (χ0) is 15.9. The van der Waals surface area contributed by atoms with Crippen LogP contribution in [-0.4, -0.2) is 5.91 Å². The van der Waals surface area contributed by atoms with E-state index in [1.165, 1.54) is 12.1 Å². The van der Waals surface area contributed by atoms with Crippen LogP contribution in [0.4, 0.5) is 10.1 Å². The average Bonchev–Trinajstić information content (AvgIpc) is 3.25. The summed E-state index contributed by atoms with van der Waals surface area (Å²) in [5.74, 6) is -0.370. The molecule has 4 heteroatoms. The molecule has 2 nitrogen and oxygen atoms in total. The molecule has 22 heavy (non-hydrogen) atoms. The molecular weight excluding hydrogens is 301 g/mol. The molecule has 2 aromatic carbocycles. The predicted molar refractivity (Wildman–Crippen MR) is 86.9 cm³/mol. The fourth-order valence-electron chi connectivity index (χ4n) is 2.85. The minimum Gasteiger partial charge on any atom is -0.324 e. The smallest absolute Gasteiger partial charge is 0.235 e. The fraction of sp³-hybridized carbons (Fsp3) is 0.278. The number of amides is 1. The van der Waals surface area contributed by atoms with E-state index in [0.717, 1.165) is 29.5 Å². The van der Waals surface area contributed by atoms with Crippen molar-refractivity contribution in [2.75, 3.05) is 5.32 Å². The second-order valence-corrected chi connectivity index (χ2v) is 6.39. The third-order valence-corrected chi connectivity index (χ3v) is 4.55. The molecule has 2 aromatic rings. The molecular formula is C18H17ClFNO. The summed E-state index contributed by atoms with van der Waals surface area (Å²) in [6.07, 6.45) is 1.54. The van der Waals surface area contributed by atoms with Crippen LogP contribution in [0.15, 0.2) is 36.4 Å². The first-order valence-electron chi connectivity index (χ1n) is 7.27. The third kappa shape index (κ3) is 2.61. The molecule has 3 rings (SSSR count). The molecule has 1 fully saturated rings. The number of aryl methyl sites for hydroxylation is 2. The van der Waals surface area contributed by atoms with Gasteiger partial charge in [-0.1, -0.05) is 29.8 Å². The van der Waals surface area contributed by atoms with Crippen LogP contribution in [0, 0.1) is 19.7 Å². The van der Waals surface area contributed by atoms with Crippen molar-refractivity contribution in [2.45, 2.75) is 32.1 Å². The Balaban J connectivity index is 1.88. The molecule has 0 heterocycles. The second-order valence-electron chi connectivity index (χ2n) is 5.98. The van der Waals surface area contributed by atoms with Gasteiger partial charge < -0.3 is 5.32 Å². The maximum atomic E-state index is 13.1. The van der Waals surface area contributed by atoms with E-state index in [0.29, 0.717) is 10.7 Å². The lowest BCUT2D eigenvalue weighted by molar-refractivity contribution is -0.118. The molecule has 114 valence electrons. The molecule has 1 aliphatic carbocycles.